The van der Waals surface area contributed by atoms with Crippen LogP contribution in [0.15, 0.2) is 12.4 Å². The molecule has 0 fully saturated rings. The lowest BCUT2D eigenvalue weighted by atomic mass is 9.74. The molecule has 0 saturated carbocycles. The average molecular weight is 190 g/mol. The van der Waals surface area contributed by atoms with Gasteiger partial charge in [0.05, 0.1) is 12.4 Å². The van der Waals surface area contributed by atoms with E-state index in [0.29, 0.717) is 11.3 Å². The molecule has 0 saturated heterocycles. The number of hydrogen-bond acceptors (Lipinski definition) is 2. The zero-order valence-corrected chi connectivity index (χ0v) is 9.41. The number of fused-ring (bicyclic) bond motifs is 1. The molecule has 0 aromatic carbocycles. The second kappa shape index (κ2) is 3.04. The van der Waals surface area contributed by atoms with Crippen molar-refractivity contribution in [2.75, 3.05) is 0 Å². The Hall–Kier alpha value is -0.920. The van der Waals surface area contributed by atoms with Gasteiger partial charge in [-0.05, 0) is 34.8 Å². The Morgan fingerprint density at radius 2 is 1.86 bits per heavy atom. The van der Waals surface area contributed by atoms with E-state index in [4.69, 9.17) is 0 Å². The first-order chi connectivity index (χ1) is 6.50. The van der Waals surface area contributed by atoms with Crippen LogP contribution in [-0.2, 0) is 6.42 Å². The summed E-state index contributed by atoms with van der Waals surface area (Å²) in [6.07, 6.45) is 5.04. The maximum Gasteiger partial charge on any atom is 0.0534 e. The van der Waals surface area contributed by atoms with Crippen molar-refractivity contribution >= 4 is 0 Å². The highest BCUT2D eigenvalue weighted by Gasteiger charge is 2.37. The first-order valence-electron chi connectivity index (χ1n) is 5.29. The van der Waals surface area contributed by atoms with E-state index in [1.54, 1.807) is 0 Å². The highest BCUT2D eigenvalue weighted by atomic mass is 15.1. The summed E-state index contributed by atoms with van der Waals surface area (Å²) >= 11 is 0. The Labute approximate surface area is 85.8 Å². The van der Waals surface area contributed by atoms with Gasteiger partial charge in [0.1, 0.15) is 0 Å². The third-order valence-corrected chi connectivity index (χ3v) is 3.23. The van der Waals surface area contributed by atoms with Crippen molar-refractivity contribution < 1.29 is 0 Å². The van der Waals surface area contributed by atoms with Gasteiger partial charge >= 0.3 is 0 Å². The van der Waals surface area contributed by atoms with Crippen LogP contribution in [0.5, 0.6) is 0 Å². The maximum absolute atomic E-state index is 4.00. The van der Waals surface area contributed by atoms with E-state index in [1.807, 2.05) is 12.4 Å². The van der Waals surface area contributed by atoms with Crippen LogP contribution in [0, 0.1) is 11.3 Å². The fourth-order valence-electron chi connectivity index (χ4n) is 2.90. The van der Waals surface area contributed by atoms with Gasteiger partial charge in [-0.1, -0.05) is 27.7 Å². The summed E-state index contributed by atoms with van der Waals surface area (Å²) in [5, 5.41) is 7.96. The van der Waals surface area contributed by atoms with Crippen molar-refractivity contribution in [2.45, 2.75) is 40.0 Å². The van der Waals surface area contributed by atoms with Gasteiger partial charge in [0.2, 0.25) is 0 Å². The zero-order valence-electron chi connectivity index (χ0n) is 9.41. The molecule has 14 heavy (non-hydrogen) atoms. The second-order valence-electron chi connectivity index (χ2n) is 5.49. The van der Waals surface area contributed by atoms with Gasteiger partial charge in [-0.2, -0.15) is 10.2 Å². The largest absolute Gasteiger partial charge is 0.159 e. The summed E-state index contributed by atoms with van der Waals surface area (Å²) < 4.78 is 0. The molecule has 2 nitrogen and oxygen atoms in total. The molecule has 2 heteroatoms. The van der Waals surface area contributed by atoms with Crippen molar-refractivity contribution in [2.24, 2.45) is 11.3 Å². The lowest BCUT2D eigenvalue weighted by Crippen LogP contribution is -2.21. The summed E-state index contributed by atoms with van der Waals surface area (Å²) in [4.78, 5) is 0. The number of rotatable bonds is 0. The molecule has 1 aliphatic rings. The van der Waals surface area contributed by atoms with Crippen LogP contribution in [-0.4, -0.2) is 10.2 Å². The van der Waals surface area contributed by atoms with Crippen molar-refractivity contribution in [1.82, 2.24) is 10.2 Å². The van der Waals surface area contributed by atoms with E-state index in [2.05, 4.69) is 37.9 Å². The van der Waals surface area contributed by atoms with E-state index in [0.717, 1.165) is 12.3 Å². The molecular weight excluding hydrogens is 172 g/mol. The van der Waals surface area contributed by atoms with Crippen molar-refractivity contribution in [3.63, 3.8) is 0 Å². The molecular formula is C12H18N2. The minimum absolute atomic E-state index is 0.327. The predicted molar refractivity (Wildman–Crippen MR) is 57.1 cm³/mol. The summed E-state index contributed by atoms with van der Waals surface area (Å²) in [5.74, 6) is 1.35. The number of nitrogens with zero attached hydrogens (tertiary/aromatic N) is 2. The smallest absolute Gasteiger partial charge is 0.0534 e. The third-order valence-electron chi connectivity index (χ3n) is 3.23. The molecule has 1 aromatic rings. The summed E-state index contributed by atoms with van der Waals surface area (Å²) in [5.41, 5.74) is 3.14. The minimum atomic E-state index is 0.327. The fourth-order valence-corrected chi connectivity index (χ4v) is 2.90. The molecule has 0 bridgehead atoms. The Balaban J connectivity index is 2.45. The minimum Gasteiger partial charge on any atom is -0.159 e. The topological polar surface area (TPSA) is 25.8 Å². The average Bonchev–Trinajstić information content (AvgIpc) is 2.38. The van der Waals surface area contributed by atoms with Crippen molar-refractivity contribution in [1.29, 1.82) is 0 Å². The molecule has 0 spiro atoms. The first kappa shape index (κ1) is 9.63. The van der Waals surface area contributed by atoms with Crippen molar-refractivity contribution in [3.05, 3.63) is 23.5 Å². The molecule has 2 unspecified atom stereocenters. The van der Waals surface area contributed by atoms with Gasteiger partial charge in [0.25, 0.3) is 0 Å². The highest BCUT2D eigenvalue weighted by molar-refractivity contribution is 5.33. The molecule has 0 aliphatic heterocycles. The molecule has 1 aromatic heterocycles. The zero-order chi connectivity index (χ0) is 10.3. The van der Waals surface area contributed by atoms with Crippen LogP contribution < -0.4 is 0 Å². The molecule has 2 atom stereocenters. The van der Waals surface area contributed by atoms with Gasteiger partial charge < -0.3 is 0 Å². The van der Waals surface area contributed by atoms with E-state index in [9.17, 15) is 0 Å². The quantitative estimate of drug-likeness (QED) is 0.628. The van der Waals surface area contributed by atoms with E-state index >= 15 is 0 Å². The Kier molecular flexibility index (Phi) is 2.09. The third kappa shape index (κ3) is 1.43. The van der Waals surface area contributed by atoms with Crippen LogP contribution in [0.25, 0.3) is 0 Å². The second-order valence-corrected chi connectivity index (χ2v) is 5.49. The predicted octanol–water partition coefficient (Wildman–Crippen LogP) is 2.80. The van der Waals surface area contributed by atoms with E-state index in [-0.39, 0.29) is 0 Å². The Morgan fingerprint density at radius 3 is 2.50 bits per heavy atom. The van der Waals surface area contributed by atoms with E-state index < -0.39 is 0 Å². The molecule has 0 N–H and O–H groups in total. The van der Waals surface area contributed by atoms with Crippen molar-refractivity contribution in [3.8, 4) is 0 Å². The monoisotopic (exact) mass is 190 g/mol. The van der Waals surface area contributed by atoms with Crippen LogP contribution in [0.3, 0.4) is 0 Å². The van der Waals surface area contributed by atoms with Crippen LogP contribution in [0.1, 0.15) is 44.7 Å². The summed E-state index contributed by atoms with van der Waals surface area (Å²) in [6.45, 7) is 9.26. The summed E-state index contributed by atoms with van der Waals surface area (Å²) in [6, 6.07) is 0. The molecule has 0 amide bonds. The first-order valence-corrected chi connectivity index (χ1v) is 5.29. The van der Waals surface area contributed by atoms with Crippen LogP contribution in [0.2, 0.25) is 0 Å². The van der Waals surface area contributed by atoms with Crippen LogP contribution >= 0.6 is 0 Å². The number of aromatic nitrogens is 2. The highest BCUT2D eigenvalue weighted by Crippen LogP contribution is 2.47. The molecule has 1 heterocycles. The van der Waals surface area contributed by atoms with Gasteiger partial charge in [-0.25, -0.2) is 0 Å². The van der Waals surface area contributed by atoms with Gasteiger partial charge in [-0.15, -0.1) is 0 Å². The molecule has 76 valence electrons. The molecule has 1 aliphatic carbocycles. The fraction of sp³-hybridized carbons (Fsp3) is 0.667. The number of hydrogen-bond donors (Lipinski definition) is 0. The van der Waals surface area contributed by atoms with Gasteiger partial charge in [0, 0.05) is 0 Å². The SMILES string of the molecule is CC1Cc2cnncc2C1C(C)(C)C. The van der Waals surface area contributed by atoms with E-state index in [1.165, 1.54) is 11.1 Å². The van der Waals surface area contributed by atoms with Crippen LogP contribution in [0.4, 0.5) is 0 Å². The summed E-state index contributed by atoms with van der Waals surface area (Å²) in [7, 11) is 0. The Morgan fingerprint density at radius 1 is 1.21 bits per heavy atom. The lowest BCUT2D eigenvalue weighted by molar-refractivity contribution is 0.263. The van der Waals surface area contributed by atoms with Gasteiger partial charge in [-0.3, -0.25) is 0 Å². The Bertz CT molecular complexity index is 338. The molecule has 0 radical (unpaired) electrons. The van der Waals surface area contributed by atoms with Gasteiger partial charge in [0.15, 0.2) is 0 Å². The standard InChI is InChI=1S/C12H18N2/c1-8-5-9-6-13-14-7-10(9)11(8)12(2,3)4/h6-8,11H,5H2,1-4H3. The normalized spacial score (nSPS) is 26.3. The lowest BCUT2D eigenvalue weighted by Gasteiger charge is -2.31. The maximum atomic E-state index is 4.00. The molecule has 2 rings (SSSR count).